The first-order valence-electron chi connectivity index (χ1n) is 10.5. The van der Waals surface area contributed by atoms with Crippen LogP contribution in [-0.4, -0.2) is 54.1 Å². The number of ether oxygens (including phenoxy) is 1. The summed E-state index contributed by atoms with van der Waals surface area (Å²) in [6.07, 6.45) is 4.48. The lowest BCUT2D eigenvalue weighted by Crippen LogP contribution is -2.42. The van der Waals surface area contributed by atoms with Gasteiger partial charge in [-0.2, -0.15) is 4.98 Å². The lowest BCUT2D eigenvalue weighted by atomic mass is 9.94. The lowest BCUT2D eigenvalue weighted by Gasteiger charge is -2.33. The number of likely N-dealkylation sites (tertiary alicyclic amines) is 1. The first-order valence-corrected chi connectivity index (χ1v) is 10.5. The molecule has 154 valence electrons. The minimum Gasteiger partial charge on any atom is -0.481 e. The van der Waals surface area contributed by atoms with Crippen LogP contribution < -0.4 is 9.64 Å². The Kier molecular flexibility index (Phi) is 5.69. The van der Waals surface area contributed by atoms with Crippen molar-refractivity contribution in [1.82, 2.24) is 14.9 Å². The highest BCUT2D eigenvalue weighted by Gasteiger charge is 2.33. The van der Waals surface area contributed by atoms with E-state index < -0.39 is 0 Å². The monoisotopic (exact) mass is 394 g/mol. The van der Waals surface area contributed by atoms with Crippen molar-refractivity contribution in [3.63, 3.8) is 0 Å². The first-order chi connectivity index (χ1) is 14.0. The van der Waals surface area contributed by atoms with Crippen molar-refractivity contribution in [1.29, 1.82) is 0 Å². The molecule has 1 amide bonds. The van der Waals surface area contributed by atoms with Crippen LogP contribution in [0.25, 0.3) is 0 Å². The predicted molar refractivity (Wildman–Crippen MR) is 113 cm³/mol. The number of anilines is 1. The van der Waals surface area contributed by atoms with Gasteiger partial charge >= 0.3 is 0 Å². The second kappa shape index (κ2) is 8.39. The molecule has 1 aromatic heterocycles. The van der Waals surface area contributed by atoms with Crippen LogP contribution in [0.3, 0.4) is 0 Å². The van der Waals surface area contributed by atoms with Crippen molar-refractivity contribution in [2.24, 2.45) is 5.92 Å². The number of hydrogen-bond acceptors (Lipinski definition) is 5. The third-order valence-corrected chi connectivity index (χ3v) is 6.17. The van der Waals surface area contributed by atoms with Crippen molar-refractivity contribution < 1.29 is 9.53 Å². The molecule has 0 radical (unpaired) electrons. The summed E-state index contributed by atoms with van der Waals surface area (Å²) >= 11 is 0. The van der Waals surface area contributed by atoms with Gasteiger partial charge in [-0.3, -0.25) is 4.79 Å². The zero-order chi connectivity index (χ0) is 20.4. The average Bonchev–Trinajstić information content (AvgIpc) is 3.23. The van der Waals surface area contributed by atoms with Crippen LogP contribution in [0, 0.1) is 19.8 Å². The quantitative estimate of drug-likeness (QED) is 0.796. The Morgan fingerprint density at radius 2 is 1.79 bits per heavy atom. The van der Waals surface area contributed by atoms with E-state index in [2.05, 4.69) is 51.8 Å². The average molecular weight is 395 g/mol. The molecule has 1 atom stereocenters. The smallest absolute Gasteiger partial charge is 0.228 e. The molecule has 4 rings (SSSR count). The lowest BCUT2D eigenvalue weighted by molar-refractivity contribution is -0.135. The first kappa shape index (κ1) is 19.7. The molecule has 0 saturated carbocycles. The van der Waals surface area contributed by atoms with E-state index in [1.165, 1.54) is 16.7 Å². The number of carbonyl (C=O) groups excluding carboxylic acids is 1. The normalized spacial score (nSPS) is 20.2. The van der Waals surface area contributed by atoms with E-state index in [9.17, 15) is 4.79 Å². The summed E-state index contributed by atoms with van der Waals surface area (Å²) in [7, 11) is 1.61. The van der Waals surface area contributed by atoms with Crippen LogP contribution >= 0.6 is 0 Å². The van der Waals surface area contributed by atoms with Crippen LogP contribution in [-0.2, 0) is 4.79 Å². The fourth-order valence-electron chi connectivity index (χ4n) is 4.66. The van der Waals surface area contributed by atoms with Gasteiger partial charge in [0.25, 0.3) is 0 Å². The van der Waals surface area contributed by atoms with Gasteiger partial charge in [0.05, 0.1) is 7.11 Å². The molecule has 2 aliphatic rings. The summed E-state index contributed by atoms with van der Waals surface area (Å²) in [6, 6.07) is 8.51. The predicted octanol–water partition coefficient (Wildman–Crippen LogP) is 3.33. The van der Waals surface area contributed by atoms with Crippen LogP contribution in [0.5, 0.6) is 5.88 Å². The van der Waals surface area contributed by atoms with Crippen LogP contribution in [0.15, 0.2) is 30.5 Å². The summed E-state index contributed by atoms with van der Waals surface area (Å²) in [4.78, 5) is 26.1. The third-order valence-electron chi connectivity index (χ3n) is 6.17. The maximum Gasteiger partial charge on any atom is 0.228 e. The van der Waals surface area contributed by atoms with E-state index in [-0.39, 0.29) is 5.92 Å². The number of aromatic nitrogens is 2. The summed E-state index contributed by atoms with van der Waals surface area (Å²) in [6.45, 7) is 7.62. The summed E-state index contributed by atoms with van der Waals surface area (Å²) in [5, 5.41) is 0. The maximum atomic E-state index is 13.1. The Bertz CT molecular complexity index is 857. The van der Waals surface area contributed by atoms with Crippen molar-refractivity contribution >= 4 is 11.9 Å². The van der Waals surface area contributed by atoms with Crippen molar-refractivity contribution in [3.05, 3.63) is 47.2 Å². The number of amides is 1. The minimum absolute atomic E-state index is 0.106. The van der Waals surface area contributed by atoms with E-state index in [1.807, 2.05) is 0 Å². The summed E-state index contributed by atoms with van der Waals surface area (Å²) in [5.74, 6) is 2.15. The van der Waals surface area contributed by atoms with E-state index in [0.717, 1.165) is 45.4 Å². The Hall–Kier alpha value is -2.63. The van der Waals surface area contributed by atoms with Gasteiger partial charge in [0.2, 0.25) is 17.7 Å². The topological polar surface area (TPSA) is 58.6 Å². The van der Waals surface area contributed by atoms with Gasteiger partial charge in [0, 0.05) is 50.3 Å². The van der Waals surface area contributed by atoms with Gasteiger partial charge in [0.1, 0.15) is 0 Å². The molecule has 6 nitrogen and oxygen atoms in total. The molecule has 29 heavy (non-hydrogen) atoms. The van der Waals surface area contributed by atoms with Crippen LogP contribution in [0.4, 0.5) is 5.95 Å². The van der Waals surface area contributed by atoms with E-state index >= 15 is 0 Å². The molecular weight excluding hydrogens is 364 g/mol. The molecule has 0 aliphatic carbocycles. The Morgan fingerprint density at radius 3 is 2.48 bits per heavy atom. The van der Waals surface area contributed by atoms with Gasteiger partial charge in [0.15, 0.2) is 0 Å². The molecule has 1 unspecified atom stereocenters. The SMILES string of the molecule is COc1ccnc(N2CCC(C(=O)N3CCC(c4cc(C)cc(C)c4)C3)CC2)n1. The van der Waals surface area contributed by atoms with Gasteiger partial charge in [-0.1, -0.05) is 29.3 Å². The summed E-state index contributed by atoms with van der Waals surface area (Å²) < 4.78 is 5.20. The van der Waals surface area contributed by atoms with Crippen molar-refractivity contribution in [2.45, 2.75) is 39.0 Å². The zero-order valence-corrected chi connectivity index (χ0v) is 17.6. The number of rotatable bonds is 4. The van der Waals surface area contributed by atoms with Gasteiger partial charge in [-0.25, -0.2) is 4.98 Å². The molecule has 6 heteroatoms. The molecular formula is C23H30N4O2. The number of piperidine rings is 1. The standard InChI is InChI=1S/C23H30N4O2/c1-16-12-17(2)14-20(13-16)19-7-11-27(15-19)22(28)18-5-9-26(10-6-18)23-24-8-4-21(25-23)29-3/h4,8,12-14,18-19H,5-7,9-11,15H2,1-3H3. The molecule has 3 heterocycles. The van der Waals surface area contributed by atoms with Gasteiger partial charge in [-0.05, 0) is 38.7 Å². The molecule has 2 saturated heterocycles. The highest BCUT2D eigenvalue weighted by Crippen LogP contribution is 2.31. The Balaban J connectivity index is 1.34. The molecule has 2 aliphatic heterocycles. The maximum absolute atomic E-state index is 13.1. The van der Waals surface area contributed by atoms with Crippen LogP contribution in [0.2, 0.25) is 0 Å². The van der Waals surface area contributed by atoms with Gasteiger partial charge in [-0.15, -0.1) is 0 Å². The van der Waals surface area contributed by atoms with Crippen molar-refractivity contribution in [3.8, 4) is 5.88 Å². The molecule has 0 bridgehead atoms. The highest BCUT2D eigenvalue weighted by atomic mass is 16.5. The van der Waals surface area contributed by atoms with Crippen molar-refractivity contribution in [2.75, 3.05) is 38.2 Å². The number of aryl methyl sites for hydroxylation is 2. The van der Waals surface area contributed by atoms with E-state index in [1.54, 1.807) is 19.4 Å². The second-order valence-corrected chi connectivity index (χ2v) is 8.35. The molecule has 1 aromatic carbocycles. The number of benzene rings is 1. The van der Waals surface area contributed by atoms with Gasteiger partial charge < -0.3 is 14.5 Å². The fourth-order valence-corrected chi connectivity index (χ4v) is 4.66. The highest BCUT2D eigenvalue weighted by molar-refractivity contribution is 5.79. The number of hydrogen-bond donors (Lipinski definition) is 0. The minimum atomic E-state index is 0.106. The van der Waals surface area contributed by atoms with Crippen LogP contribution in [0.1, 0.15) is 41.9 Å². The van der Waals surface area contributed by atoms with E-state index in [0.29, 0.717) is 23.7 Å². The molecule has 2 fully saturated rings. The fraction of sp³-hybridized carbons (Fsp3) is 0.522. The third kappa shape index (κ3) is 4.36. The summed E-state index contributed by atoms with van der Waals surface area (Å²) in [5.41, 5.74) is 3.98. The Labute approximate surface area is 172 Å². The largest absolute Gasteiger partial charge is 0.481 e. The number of methoxy groups -OCH3 is 1. The zero-order valence-electron chi connectivity index (χ0n) is 17.6. The van der Waals surface area contributed by atoms with E-state index in [4.69, 9.17) is 4.74 Å². The molecule has 2 aromatic rings. The number of carbonyl (C=O) groups is 1. The Morgan fingerprint density at radius 1 is 1.07 bits per heavy atom. The second-order valence-electron chi connectivity index (χ2n) is 8.35. The molecule has 0 N–H and O–H groups in total. The number of nitrogens with zero attached hydrogens (tertiary/aromatic N) is 4. The molecule has 0 spiro atoms.